The van der Waals surface area contributed by atoms with Crippen molar-refractivity contribution in [3.8, 4) is 5.75 Å². The van der Waals surface area contributed by atoms with Crippen LogP contribution in [0.4, 0.5) is 5.69 Å². The SMILES string of the molecule is CCC(=Cc1oc2ccc(C(=O)NC(C)C)cc2[n+]1CCCS(=O)(=O)[O-])C=C1Oc2ccc(C(=O)NC(C)C)cc2[N+]12CCC2S(=O)(=O)[O-]. The lowest BCUT2D eigenvalue weighted by Crippen LogP contribution is -2.67. The number of quaternary nitrogens is 1. The number of ether oxygens (including phenoxy) is 1. The van der Waals surface area contributed by atoms with Crippen LogP contribution in [0.25, 0.3) is 17.2 Å². The summed E-state index contributed by atoms with van der Waals surface area (Å²) in [5.74, 6) is -0.484. The summed E-state index contributed by atoms with van der Waals surface area (Å²) < 4.78 is 85.4. The fourth-order valence-electron chi connectivity index (χ4n) is 6.13. The van der Waals surface area contributed by atoms with Crippen molar-refractivity contribution in [3.05, 3.63) is 70.9 Å². The van der Waals surface area contributed by atoms with Gasteiger partial charge in [-0.15, -0.1) is 0 Å². The summed E-state index contributed by atoms with van der Waals surface area (Å²) in [4.78, 5) is 25.6. The molecule has 49 heavy (non-hydrogen) atoms. The van der Waals surface area contributed by atoms with E-state index in [0.29, 0.717) is 45.7 Å². The third kappa shape index (κ3) is 7.57. The van der Waals surface area contributed by atoms with E-state index in [9.17, 15) is 35.5 Å². The molecule has 2 aromatic carbocycles. The molecule has 264 valence electrons. The molecule has 1 aromatic heterocycles. The van der Waals surface area contributed by atoms with Crippen LogP contribution in [-0.2, 0) is 26.8 Å². The monoisotopic (exact) mass is 716 g/mol. The van der Waals surface area contributed by atoms with E-state index in [0.717, 1.165) is 0 Å². The molecule has 3 aromatic rings. The average molecular weight is 717 g/mol. The van der Waals surface area contributed by atoms with Gasteiger partial charge in [-0.25, -0.2) is 21.3 Å². The maximum atomic E-state index is 12.9. The Hall–Kier alpha value is -4.09. The number of allylic oxidation sites excluding steroid dienone is 2. The standard InChI is InChI=1S/C33H40N4O10S2/c1-6-22(16-29-36(13-7-15-48(40,41)42)25-18-23(8-10-27(25)46-29)32(38)34-20(2)3)17-30-37(14-12-31(37)49(43,44)45)26-19-24(9-11-28(26)47-30)33(39)35-21(4)5/h8-11,16-21,31H,6-7,12-15H2,1-5H3,(H2-2,34,35,38,39,40,41,42,43,44,45). The lowest BCUT2D eigenvalue weighted by molar-refractivity contribution is -0.677. The lowest BCUT2D eigenvalue weighted by atomic mass is 10.0. The molecular formula is C33H40N4O10S2. The topological polar surface area (TPSA) is 199 Å². The lowest BCUT2D eigenvalue weighted by Gasteiger charge is -2.47. The zero-order chi connectivity index (χ0) is 35.9. The summed E-state index contributed by atoms with van der Waals surface area (Å²) in [6, 6.07) is 9.32. The first-order valence-electron chi connectivity index (χ1n) is 16.0. The highest BCUT2D eigenvalue weighted by Gasteiger charge is 2.61. The summed E-state index contributed by atoms with van der Waals surface area (Å²) in [5.41, 5.74) is 2.54. The molecule has 1 spiro atoms. The van der Waals surface area contributed by atoms with Gasteiger partial charge in [-0.3, -0.25) is 9.59 Å². The van der Waals surface area contributed by atoms with E-state index in [2.05, 4.69) is 10.6 Å². The normalized spacial score (nSPS) is 20.1. The van der Waals surface area contributed by atoms with Gasteiger partial charge in [-0.2, -0.15) is 4.57 Å². The zero-order valence-electron chi connectivity index (χ0n) is 27.9. The molecule has 2 N–H and O–H groups in total. The molecule has 14 nitrogen and oxygen atoms in total. The minimum atomic E-state index is -4.80. The highest BCUT2D eigenvalue weighted by atomic mass is 32.2. The summed E-state index contributed by atoms with van der Waals surface area (Å²) >= 11 is 0. The Labute approximate surface area is 285 Å². The predicted molar refractivity (Wildman–Crippen MR) is 179 cm³/mol. The highest BCUT2D eigenvalue weighted by Crippen LogP contribution is 2.53. The van der Waals surface area contributed by atoms with Crippen LogP contribution in [0.15, 0.2) is 58.3 Å². The van der Waals surface area contributed by atoms with Crippen LogP contribution in [0.1, 0.15) is 80.5 Å². The van der Waals surface area contributed by atoms with Crippen LogP contribution in [-0.4, -0.2) is 67.5 Å². The molecule has 0 radical (unpaired) electrons. The van der Waals surface area contributed by atoms with Crippen LogP contribution < -0.4 is 24.4 Å². The van der Waals surface area contributed by atoms with Gasteiger partial charge in [0.2, 0.25) is 5.58 Å². The molecule has 2 aliphatic heterocycles. The summed E-state index contributed by atoms with van der Waals surface area (Å²) in [6.07, 6.45) is 3.79. The fraction of sp³-hybridized carbons (Fsp3) is 0.424. The summed E-state index contributed by atoms with van der Waals surface area (Å²) in [6.45, 7) is 9.46. The van der Waals surface area contributed by atoms with E-state index in [4.69, 9.17) is 9.15 Å². The number of carbonyl (C=O) groups excluding carboxylic acids is 2. The van der Waals surface area contributed by atoms with Crippen molar-refractivity contribution in [3.63, 3.8) is 0 Å². The maximum Gasteiger partial charge on any atom is 0.374 e. The molecule has 2 atom stereocenters. The minimum absolute atomic E-state index is 0.0227. The Bertz CT molecular complexity index is 2080. The molecule has 1 fully saturated rings. The van der Waals surface area contributed by atoms with Crippen molar-refractivity contribution in [2.75, 3.05) is 12.3 Å². The Morgan fingerprint density at radius 3 is 2.18 bits per heavy atom. The molecule has 2 unspecified atom stereocenters. The first kappa shape index (κ1) is 36.2. The number of benzene rings is 2. The van der Waals surface area contributed by atoms with Gasteiger partial charge in [0.1, 0.15) is 0 Å². The second-order valence-corrected chi connectivity index (χ2v) is 15.9. The van der Waals surface area contributed by atoms with Crippen LogP contribution in [0, 0.1) is 0 Å². The van der Waals surface area contributed by atoms with Crippen LogP contribution >= 0.6 is 0 Å². The number of oxazole rings is 1. The second kappa shape index (κ2) is 13.7. The molecular weight excluding hydrogens is 677 g/mol. The first-order chi connectivity index (χ1) is 22.9. The van der Waals surface area contributed by atoms with Crippen molar-refractivity contribution >= 4 is 54.9 Å². The molecule has 0 bridgehead atoms. The third-order valence-corrected chi connectivity index (χ3v) is 10.5. The molecule has 2 amide bonds. The van der Waals surface area contributed by atoms with Crippen molar-refractivity contribution in [1.29, 1.82) is 0 Å². The number of hydrogen-bond donors (Lipinski definition) is 2. The van der Waals surface area contributed by atoms with Gasteiger partial charge in [0.25, 0.3) is 17.3 Å². The maximum absolute atomic E-state index is 12.9. The van der Waals surface area contributed by atoms with Crippen LogP contribution in [0.2, 0.25) is 0 Å². The molecule has 1 saturated heterocycles. The van der Waals surface area contributed by atoms with Crippen LogP contribution in [0.5, 0.6) is 5.75 Å². The second-order valence-electron chi connectivity index (χ2n) is 12.8. The van der Waals surface area contributed by atoms with Gasteiger partial charge in [0, 0.05) is 53.6 Å². The molecule has 5 rings (SSSR count). The van der Waals surface area contributed by atoms with Crippen molar-refractivity contribution < 1.29 is 49.3 Å². The van der Waals surface area contributed by atoms with Gasteiger partial charge < -0.3 is 28.9 Å². The average Bonchev–Trinajstić information content (AvgIpc) is 3.48. The number of aryl methyl sites for hydroxylation is 1. The Kier molecular flexibility index (Phi) is 10.1. The van der Waals surface area contributed by atoms with E-state index >= 15 is 0 Å². The van der Waals surface area contributed by atoms with E-state index in [-0.39, 0.29) is 61.6 Å². The number of fused-ring (bicyclic) bond motifs is 3. The molecule has 16 heteroatoms. The van der Waals surface area contributed by atoms with Gasteiger partial charge in [0.05, 0.1) is 29.2 Å². The van der Waals surface area contributed by atoms with E-state index in [1.165, 1.54) is 0 Å². The van der Waals surface area contributed by atoms with Crippen molar-refractivity contribution in [2.45, 2.75) is 77.9 Å². The van der Waals surface area contributed by atoms with Gasteiger partial charge in [0.15, 0.2) is 33.5 Å². The first-order valence-corrected chi connectivity index (χ1v) is 19.1. The van der Waals surface area contributed by atoms with Gasteiger partial charge in [-0.1, -0.05) is 6.92 Å². The number of aromatic nitrogens is 1. The number of amides is 2. The predicted octanol–water partition coefficient (Wildman–Crippen LogP) is 3.24. The minimum Gasteiger partial charge on any atom is -0.748 e. The van der Waals surface area contributed by atoms with Crippen molar-refractivity contribution in [1.82, 2.24) is 15.1 Å². The highest BCUT2D eigenvalue weighted by molar-refractivity contribution is 7.86. The quantitative estimate of drug-likeness (QED) is 0.159. The van der Waals surface area contributed by atoms with E-state index in [1.54, 1.807) is 53.1 Å². The third-order valence-electron chi connectivity index (χ3n) is 8.45. The van der Waals surface area contributed by atoms with Gasteiger partial charge in [-0.05, 0) is 64.0 Å². The number of hydrogen-bond acceptors (Lipinski definition) is 10. The largest absolute Gasteiger partial charge is 0.748 e. The Balaban J connectivity index is 1.61. The number of nitrogens with zero attached hydrogens (tertiary/aromatic N) is 2. The number of carbonyl (C=O) groups is 2. The van der Waals surface area contributed by atoms with E-state index < -0.39 is 35.8 Å². The molecule has 2 aliphatic rings. The van der Waals surface area contributed by atoms with Crippen molar-refractivity contribution in [2.24, 2.45) is 0 Å². The molecule has 0 aliphatic carbocycles. The Morgan fingerprint density at radius 1 is 1.00 bits per heavy atom. The zero-order valence-corrected chi connectivity index (χ0v) is 29.5. The molecule has 3 heterocycles. The van der Waals surface area contributed by atoms with Crippen LogP contribution in [0.3, 0.4) is 0 Å². The smallest absolute Gasteiger partial charge is 0.374 e. The fourth-order valence-corrected chi connectivity index (χ4v) is 7.77. The summed E-state index contributed by atoms with van der Waals surface area (Å²) in [7, 11) is -9.29. The number of nitrogens with one attached hydrogen (secondary N) is 2. The van der Waals surface area contributed by atoms with E-state index in [1.807, 2.05) is 34.6 Å². The summed E-state index contributed by atoms with van der Waals surface area (Å²) in [5, 5.41) is 4.27. The number of rotatable bonds is 12. The Morgan fingerprint density at radius 2 is 1.63 bits per heavy atom. The van der Waals surface area contributed by atoms with Gasteiger partial charge >= 0.3 is 11.8 Å². The molecule has 0 saturated carbocycles.